The smallest absolute Gasteiger partial charge is 0.262 e. The molecule has 1 N–H and O–H groups in total. The molecule has 3 aromatic carbocycles. The number of thioether (sulfide) groups is 1. The van der Waals surface area contributed by atoms with Crippen LogP contribution in [-0.4, -0.2) is 40.2 Å². The lowest BCUT2D eigenvalue weighted by atomic mass is 10.0. The van der Waals surface area contributed by atoms with Crippen LogP contribution in [0.15, 0.2) is 88.8 Å². The van der Waals surface area contributed by atoms with Crippen LogP contribution in [0.4, 0.5) is 5.69 Å². The summed E-state index contributed by atoms with van der Waals surface area (Å²) in [5.41, 5.74) is 1.77. The predicted molar refractivity (Wildman–Crippen MR) is 138 cm³/mol. The van der Waals surface area contributed by atoms with Crippen molar-refractivity contribution in [2.75, 3.05) is 19.0 Å². The molecule has 0 fully saturated rings. The third-order valence-corrected chi connectivity index (χ3v) is 6.55. The zero-order chi connectivity index (χ0) is 24.8. The Balaban J connectivity index is 1.58. The number of aromatic nitrogens is 2. The van der Waals surface area contributed by atoms with Gasteiger partial charge in [-0.3, -0.25) is 19.0 Å². The van der Waals surface area contributed by atoms with Gasteiger partial charge in [0.2, 0.25) is 5.91 Å². The summed E-state index contributed by atoms with van der Waals surface area (Å²) in [6.07, 6.45) is 0. The molecule has 35 heavy (non-hydrogen) atoms. The topological polar surface area (TPSA) is 90.3 Å². The number of fused-ring (bicyclic) bond motifs is 1. The van der Waals surface area contributed by atoms with Gasteiger partial charge >= 0.3 is 0 Å². The molecular formula is C27H25N3O4S. The molecule has 4 aromatic rings. The minimum Gasteiger partial charge on any atom is -0.383 e. The van der Waals surface area contributed by atoms with Crippen LogP contribution in [0, 0.1) is 0 Å². The molecule has 1 atom stereocenters. The third-order valence-electron chi connectivity index (χ3n) is 5.46. The molecule has 1 aromatic heterocycles. The number of hydrogen-bond donors (Lipinski definition) is 1. The Morgan fingerprint density at radius 3 is 2.46 bits per heavy atom. The number of ketones is 1. The van der Waals surface area contributed by atoms with Crippen LogP contribution in [0.2, 0.25) is 0 Å². The first-order valence-corrected chi connectivity index (χ1v) is 12.0. The van der Waals surface area contributed by atoms with E-state index < -0.39 is 5.25 Å². The minimum absolute atomic E-state index is 0.175. The average Bonchev–Trinajstić information content (AvgIpc) is 2.89. The van der Waals surface area contributed by atoms with Crippen LogP contribution in [-0.2, 0) is 16.1 Å². The highest BCUT2D eigenvalue weighted by molar-refractivity contribution is 8.00. The van der Waals surface area contributed by atoms with Crippen molar-refractivity contribution in [3.8, 4) is 0 Å². The standard InChI is InChI=1S/C27H25N3O4S/c1-18(35-27-29-23-15-9-7-13-21(23)26(33)30(27)16-17-34-2)25(32)28-22-14-8-6-12-20(22)24(31)19-10-4-3-5-11-19/h3-15,18H,16-17H2,1-2H3,(H,28,32)/t18-/m1/s1. The monoisotopic (exact) mass is 487 g/mol. The molecule has 1 amide bonds. The molecule has 0 aliphatic heterocycles. The summed E-state index contributed by atoms with van der Waals surface area (Å²) in [4.78, 5) is 43.8. The number of hydrogen-bond acceptors (Lipinski definition) is 6. The van der Waals surface area contributed by atoms with Gasteiger partial charge in [-0.05, 0) is 31.2 Å². The summed E-state index contributed by atoms with van der Waals surface area (Å²) >= 11 is 1.19. The molecule has 7 nitrogen and oxygen atoms in total. The van der Waals surface area contributed by atoms with Crippen molar-refractivity contribution >= 4 is 40.0 Å². The van der Waals surface area contributed by atoms with E-state index in [0.29, 0.717) is 46.0 Å². The number of methoxy groups -OCH3 is 1. The zero-order valence-corrected chi connectivity index (χ0v) is 20.2. The van der Waals surface area contributed by atoms with Crippen LogP contribution in [0.5, 0.6) is 0 Å². The zero-order valence-electron chi connectivity index (χ0n) is 19.4. The maximum Gasteiger partial charge on any atom is 0.262 e. The van der Waals surface area contributed by atoms with Crippen molar-refractivity contribution in [1.29, 1.82) is 0 Å². The van der Waals surface area contributed by atoms with Gasteiger partial charge in [-0.25, -0.2) is 4.98 Å². The minimum atomic E-state index is -0.586. The molecule has 8 heteroatoms. The fourth-order valence-corrected chi connectivity index (χ4v) is 4.53. The molecule has 178 valence electrons. The third kappa shape index (κ3) is 5.50. The first-order chi connectivity index (χ1) is 17.0. The fourth-order valence-electron chi connectivity index (χ4n) is 3.60. The Hall–Kier alpha value is -3.75. The summed E-state index contributed by atoms with van der Waals surface area (Å²) in [6.45, 7) is 2.39. The van der Waals surface area contributed by atoms with E-state index in [1.54, 1.807) is 80.8 Å². The summed E-state index contributed by atoms with van der Waals surface area (Å²) in [5.74, 6) is -0.476. The number of anilines is 1. The Bertz CT molecular complexity index is 1420. The second kappa shape index (κ2) is 11.1. The Morgan fingerprint density at radius 2 is 1.69 bits per heavy atom. The number of amides is 1. The van der Waals surface area contributed by atoms with Crippen LogP contribution < -0.4 is 10.9 Å². The maximum atomic E-state index is 13.1. The molecule has 0 saturated heterocycles. The molecule has 4 rings (SSSR count). The SMILES string of the molecule is COCCn1c(S[C@H](C)C(=O)Nc2ccccc2C(=O)c2ccccc2)nc2ccccc2c1=O. The van der Waals surface area contributed by atoms with Gasteiger partial charge in [-0.1, -0.05) is 66.4 Å². The largest absolute Gasteiger partial charge is 0.383 e. The van der Waals surface area contributed by atoms with Gasteiger partial charge in [-0.15, -0.1) is 0 Å². The van der Waals surface area contributed by atoms with Gasteiger partial charge in [0.05, 0.1) is 35.0 Å². The molecule has 1 heterocycles. The Kier molecular flexibility index (Phi) is 7.74. The predicted octanol–water partition coefficient (Wildman–Crippen LogP) is 4.39. The van der Waals surface area contributed by atoms with Gasteiger partial charge in [0, 0.05) is 18.2 Å². The molecular weight excluding hydrogens is 462 g/mol. The Labute approximate surface area is 207 Å². The number of carbonyl (C=O) groups is 2. The van der Waals surface area contributed by atoms with Gasteiger partial charge in [0.15, 0.2) is 10.9 Å². The van der Waals surface area contributed by atoms with E-state index in [9.17, 15) is 14.4 Å². The van der Waals surface area contributed by atoms with E-state index in [2.05, 4.69) is 10.3 Å². The summed E-state index contributed by atoms with van der Waals surface area (Å²) in [6, 6.07) is 23.0. The van der Waals surface area contributed by atoms with Gasteiger partial charge in [0.25, 0.3) is 5.56 Å². The quantitative estimate of drug-likeness (QED) is 0.214. The van der Waals surface area contributed by atoms with Crippen molar-refractivity contribution in [2.24, 2.45) is 0 Å². The molecule has 0 aliphatic carbocycles. The van der Waals surface area contributed by atoms with Crippen molar-refractivity contribution in [2.45, 2.75) is 23.9 Å². The van der Waals surface area contributed by atoms with E-state index in [-0.39, 0.29) is 17.2 Å². The number of benzene rings is 3. The molecule has 0 aliphatic rings. The number of nitrogens with zero attached hydrogens (tertiary/aromatic N) is 2. The van der Waals surface area contributed by atoms with E-state index in [1.807, 2.05) is 12.1 Å². The number of carbonyl (C=O) groups excluding carboxylic acids is 2. The molecule has 0 bridgehead atoms. The van der Waals surface area contributed by atoms with Gasteiger partial charge in [0.1, 0.15) is 0 Å². The van der Waals surface area contributed by atoms with E-state index >= 15 is 0 Å². The second-order valence-corrected chi connectivity index (χ2v) is 9.16. The van der Waals surface area contributed by atoms with Gasteiger partial charge < -0.3 is 10.1 Å². The van der Waals surface area contributed by atoms with Crippen LogP contribution in [0.25, 0.3) is 10.9 Å². The molecule has 0 unspecified atom stereocenters. The number of nitrogens with one attached hydrogen (secondary N) is 1. The van der Waals surface area contributed by atoms with E-state index in [1.165, 1.54) is 16.3 Å². The maximum absolute atomic E-state index is 13.1. The summed E-state index contributed by atoms with van der Waals surface area (Å²) in [5, 5.41) is 3.23. The molecule has 0 radical (unpaired) electrons. The summed E-state index contributed by atoms with van der Waals surface area (Å²) < 4.78 is 6.70. The first-order valence-electron chi connectivity index (χ1n) is 11.1. The fraction of sp³-hybridized carbons (Fsp3) is 0.185. The lowest BCUT2D eigenvalue weighted by Crippen LogP contribution is -2.28. The normalized spacial score (nSPS) is 11.8. The molecule has 0 spiro atoms. The lowest BCUT2D eigenvalue weighted by molar-refractivity contribution is -0.115. The summed E-state index contributed by atoms with van der Waals surface area (Å²) in [7, 11) is 1.57. The van der Waals surface area contributed by atoms with Crippen LogP contribution in [0.3, 0.4) is 0 Å². The van der Waals surface area contributed by atoms with Gasteiger partial charge in [-0.2, -0.15) is 0 Å². The van der Waals surface area contributed by atoms with Crippen LogP contribution in [0.1, 0.15) is 22.8 Å². The van der Waals surface area contributed by atoms with Crippen molar-refractivity contribution < 1.29 is 14.3 Å². The highest BCUT2D eigenvalue weighted by Crippen LogP contribution is 2.25. The average molecular weight is 488 g/mol. The highest BCUT2D eigenvalue weighted by atomic mass is 32.2. The van der Waals surface area contributed by atoms with Crippen LogP contribution >= 0.6 is 11.8 Å². The van der Waals surface area contributed by atoms with Crippen molar-refractivity contribution in [3.05, 3.63) is 100 Å². The van der Waals surface area contributed by atoms with E-state index in [4.69, 9.17) is 4.74 Å². The van der Waals surface area contributed by atoms with E-state index in [0.717, 1.165) is 0 Å². The highest BCUT2D eigenvalue weighted by Gasteiger charge is 2.21. The first kappa shape index (κ1) is 24.4. The molecule has 0 saturated carbocycles. The van der Waals surface area contributed by atoms with Crippen molar-refractivity contribution in [1.82, 2.24) is 9.55 Å². The number of rotatable bonds is 9. The Morgan fingerprint density at radius 1 is 1.00 bits per heavy atom. The number of ether oxygens (including phenoxy) is 1. The van der Waals surface area contributed by atoms with Crippen molar-refractivity contribution in [3.63, 3.8) is 0 Å². The lowest BCUT2D eigenvalue weighted by Gasteiger charge is -2.17. The number of para-hydroxylation sites is 2. The second-order valence-electron chi connectivity index (χ2n) is 7.85.